The summed E-state index contributed by atoms with van der Waals surface area (Å²) in [7, 11) is 0. The highest BCUT2D eigenvalue weighted by Crippen LogP contribution is 2.65. The van der Waals surface area contributed by atoms with E-state index in [1.807, 2.05) is 85.7 Å². The number of carbonyl (C=O) groups excluding carboxylic acids is 6. The Morgan fingerprint density at radius 2 is 1.62 bits per heavy atom. The molecule has 6 amide bonds. The molecule has 12 heteroatoms. The van der Waals surface area contributed by atoms with Gasteiger partial charge in [-0.2, -0.15) is 0 Å². The van der Waals surface area contributed by atoms with Crippen molar-refractivity contribution < 1.29 is 28.8 Å². The first-order valence-electron chi connectivity index (χ1n) is 16.7. The number of rotatable bonds is 14. The molecule has 1 heterocycles. The van der Waals surface area contributed by atoms with Gasteiger partial charge in [-0.25, -0.2) is 4.79 Å². The molecule has 1 aromatic rings. The van der Waals surface area contributed by atoms with Crippen LogP contribution in [0.4, 0.5) is 4.79 Å². The lowest BCUT2D eigenvalue weighted by molar-refractivity contribution is -0.145. The van der Waals surface area contributed by atoms with Crippen LogP contribution in [0.2, 0.25) is 0 Å². The van der Waals surface area contributed by atoms with Gasteiger partial charge in [0.15, 0.2) is 0 Å². The second-order valence-electron chi connectivity index (χ2n) is 15.6. The Morgan fingerprint density at radius 3 is 2.21 bits per heavy atom. The number of carbonyl (C=O) groups is 6. The Balaban J connectivity index is 1.69. The van der Waals surface area contributed by atoms with Crippen molar-refractivity contribution in [3.63, 3.8) is 0 Å². The standard InChI is InChI=1S/C36H54N6O6/c1-10-11-17-24(28(44)31(46)37-19-18-25(43)38-20-22-15-13-12-14-16-22)39-30(45)27-26-23(36(26,8)9)21-42(27)32(47)29(34(2,3)4)40-33(48)41-35(5,6)7/h10,12-16,23-24,26-27,29H,1,11,17-21H2,2-9H3,(H,37,46)(H,38,43)(H,39,45)(H2,40,41,48)/t23-,24-,26-,27-,29+/m0/s1. The van der Waals surface area contributed by atoms with Crippen LogP contribution in [0, 0.1) is 22.7 Å². The molecule has 5 atom stereocenters. The largest absolute Gasteiger partial charge is 0.352 e. The van der Waals surface area contributed by atoms with Crippen molar-refractivity contribution in [1.29, 1.82) is 0 Å². The van der Waals surface area contributed by atoms with Crippen molar-refractivity contribution in [2.24, 2.45) is 22.7 Å². The maximum Gasteiger partial charge on any atom is 0.315 e. The lowest BCUT2D eigenvalue weighted by Crippen LogP contribution is -2.62. The highest BCUT2D eigenvalue weighted by atomic mass is 16.2. The molecule has 0 radical (unpaired) electrons. The number of likely N-dealkylation sites (tertiary alicyclic amines) is 1. The van der Waals surface area contributed by atoms with Gasteiger partial charge < -0.3 is 31.5 Å². The van der Waals surface area contributed by atoms with Crippen LogP contribution in [-0.4, -0.2) is 77.1 Å². The fourth-order valence-corrected chi connectivity index (χ4v) is 6.37. The summed E-state index contributed by atoms with van der Waals surface area (Å²) < 4.78 is 0. The Labute approximate surface area is 284 Å². The van der Waals surface area contributed by atoms with Crippen LogP contribution in [0.1, 0.15) is 80.2 Å². The summed E-state index contributed by atoms with van der Waals surface area (Å²) in [5.74, 6) is -3.02. The van der Waals surface area contributed by atoms with Crippen molar-refractivity contribution in [1.82, 2.24) is 31.5 Å². The molecule has 0 aromatic heterocycles. The molecule has 3 rings (SSSR count). The molecule has 2 fully saturated rings. The predicted octanol–water partition coefficient (Wildman–Crippen LogP) is 2.82. The molecule has 1 saturated heterocycles. The van der Waals surface area contributed by atoms with Gasteiger partial charge in [0.1, 0.15) is 12.1 Å². The monoisotopic (exact) mass is 666 g/mol. The van der Waals surface area contributed by atoms with Crippen molar-refractivity contribution in [3.8, 4) is 0 Å². The van der Waals surface area contributed by atoms with E-state index in [1.54, 1.807) is 6.08 Å². The van der Waals surface area contributed by atoms with Crippen molar-refractivity contribution in [3.05, 3.63) is 48.6 Å². The molecular formula is C36H54N6O6. The van der Waals surface area contributed by atoms with E-state index in [9.17, 15) is 28.8 Å². The molecule has 1 saturated carbocycles. The second-order valence-corrected chi connectivity index (χ2v) is 15.6. The number of nitrogens with zero attached hydrogens (tertiary/aromatic N) is 1. The van der Waals surface area contributed by atoms with Gasteiger partial charge in [-0.1, -0.05) is 71.0 Å². The molecule has 12 nitrogen and oxygen atoms in total. The van der Waals surface area contributed by atoms with Gasteiger partial charge in [0, 0.05) is 31.6 Å². The number of benzene rings is 1. The van der Waals surface area contributed by atoms with Crippen LogP contribution in [0.3, 0.4) is 0 Å². The Morgan fingerprint density at radius 1 is 0.979 bits per heavy atom. The summed E-state index contributed by atoms with van der Waals surface area (Å²) in [6.45, 7) is 19.5. The van der Waals surface area contributed by atoms with E-state index in [0.717, 1.165) is 5.56 Å². The van der Waals surface area contributed by atoms with E-state index < -0.39 is 52.7 Å². The van der Waals surface area contributed by atoms with Gasteiger partial charge in [-0.05, 0) is 61.8 Å². The highest BCUT2D eigenvalue weighted by Gasteiger charge is 2.70. The topological polar surface area (TPSA) is 166 Å². The fourth-order valence-electron chi connectivity index (χ4n) is 6.37. The number of allylic oxidation sites excluding steroid dienone is 1. The number of amides is 6. The lowest BCUT2D eigenvalue weighted by Gasteiger charge is -2.38. The number of ketones is 1. The summed E-state index contributed by atoms with van der Waals surface area (Å²) in [6, 6.07) is 5.93. The quantitative estimate of drug-likeness (QED) is 0.151. The van der Waals surface area contributed by atoms with Gasteiger partial charge in [-0.3, -0.25) is 24.0 Å². The highest BCUT2D eigenvalue weighted by molar-refractivity contribution is 6.38. The zero-order valence-electron chi connectivity index (χ0n) is 29.7. The van der Waals surface area contributed by atoms with Gasteiger partial charge >= 0.3 is 6.03 Å². The summed E-state index contributed by atoms with van der Waals surface area (Å²) in [6.07, 6.45) is 2.06. The van der Waals surface area contributed by atoms with E-state index in [2.05, 4.69) is 33.2 Å². The van der Waals surface area contributed by atoms with Crippen LogP contribution in [0.5, 0.6) is 0 Å². The minimum Gasteiger partial charge on any atom is -0.352 e. The SMILES string of the molecule is C=CCC[C@H](NC(=O)[C@@H]1[C@@H]2[C@H](CN1C(=O)[C@@H](NC(=O)NC(C)(C)C)C(C)(C)C)C2(C)C)C(=O)C(=O)NCCC(=O)NCc1ccccc1. The number of piperidine rings is 1. The smallest absolute Gasteiger partial charge is 0.315 e. The van der Waals surface area contributed by atoms with Gasteiger partial charge in [-0.15, -0.1) is 6.58 Å². The maximum atomic E-state index is 14.1. The minimum absolute atomic E-state index is 0.0242. The van der Waals surface area contributed by atoms with Crippen LogP contribution in [-0.2, 0) is 30.5 Å². The average molecular weight is 667 g/mol. The van der Waals surface area contributed by atoms with E-state index in [-0.39, 0.29) is 48.5 Å². The number of nitrogens with one attached hydrogen (secondary N) is 5. The normalized spacial score (nSPS) is 20.8. The van der Waals surface area contributed by atoms with Crippen molar-refractivity contribution >= 4 is 35.4 Å². The maximum absolute atomic E-state index is 14.1. The molecule has 1 aromatic carbocycles. The summed E-state index contributed by atoms with van der Waals surface area (Å²) in [5, 5.41) is 13.7. The number of fused-ring (bicyclic) bond motifs is 1. The molecule has 48 heavy (non-hydrogen) atoms. The van der Waals surface area contributed by atoms with Crippen LogP contribution >= 0.6 is 0 Å². The number of Topliss-reactive ketones (excluding diaryl/α,β-unsaturated/α-hetero) is 1. The minimum atomic E-state index is -1.16. The molecule has 1 aliphatic carbocycles. The van der Waals surface area contributed by atoms with Gasteiger partial charge in [0.05, 0.1) is 6.04 Å². The predicted molar refractivity (Wildman–Crippen MR) is 183 cm³/mol. The summed E-state index contributed by atoms with van der Waals surface area (Å²) in [4.78, 5) is 80.9. The molecule has 0 unspecified atom stereocenters. The first-order chi connectivity index (χ1) is 22.3. The van der Waals surface area contributed by atoms with Crippen molar-refractivity contribution in [2.45, 2.75) is 105 Å². The van der Waals surface area contributed by atoms with E-state index in [1.165, 1.54) is 4.90 Å². The summed E-state index contributed by atoms with van der Waals surface area (Å²) >= 11 is 0. The zero-order valence-corrected chi connectivity index (χ0v) is 29.7. The lowest BCUT2D eigenvalue weighted by atomic mass is 9.85. The molecule has 0 spiro atoms. The van der Waals surface area contributed by atoms with Crippen LogP contribution in [0.15, 0.2) is 43.0 Å². The zero-order chi connectivity index (χ0) is 36.0. The third kappa shape index (κ3) is 9.90. The fraction of sp³-hybridized carbons (Fsp3) is 0.611. The third-order valence-electron chi connectivity index (χ3n) is 9.12. The first kappa shape index (κ1) is 38.2. The van der Waals surface area contributed by atoms with Crippen LogP contribution < -0.4 is 26.6 Å². The Hall–Kier alpha value is -4.22. The molecule has 0 bridgehead atoms. The summed E-state index contributed by atoms with van der Waals surface area (Å²) in [5.41, 5.74) is -0.461. The molecule has 1 aliphatic heterocycles. The molecular weight excluding hydrogens is 612 g/mol. The number of hydrogen-bond acceptors (Lipinski definition) is 6. The van der Waals surface area contributed by atoms with Crippen molar-refractivity contribution in [2.75, 3.05) is 13.1 Å². The van der Waals surface area contributed by atoms with Crippen LogP contribution in [0.25, 0.3) is 0 Å². The number of hydrogen-bond donors (Lipinski definition) is 5. The molecule has 264 valence electrons. The van der Waals surface area contributed by atoms with E-state index >= 15 is 0 Å². The van der Waals surface area contributed by atoms with E-state index in [4.69, 9.17) is 0 Å². The third-order valence-corrected chi connectivity index (χ3v) is 9.12. The second kappa shape index (κ2) is 15.3. The molecule has 5 N–H and O–H groups in total. The first-order valence-corrected chi connectivity index (χ1v) is 16.7. The average Bonchev–Trinajstić information content (AvgIpc) is 3.30. The number of urea groups is 1. The Kier molecular flexibility index (Phi) is 12.2. The van der Waals surface area contributed by atoms with Gasteiger partial charge in [0.25, 0.3) is 5.91 Å². The molecule has 2 aliphatic rings. The Bertz CT molecular complexity index is 1380. The van der Waals surface area contributed by atoms with E-state index in [0.29, 0.717) is 19.5 Å². The van der Waals surface area contributed by atoms with Gasteiger partial charge in [0.2, 0.25) is 23.5 Å².